The van der Waals surface area contributed by atoms with Crippen molar-refractivity contribution in [2.75, 3.05) is 13.7 Å². The van der Waals surface area contributed by atoms with E-state index >= 15 is 0 Å². The van der Waals surface area contributed by atoms with Gasteiger partial charge in [0.2, 0.25) is 0 Å². The third-order valence-corrected chi connectivity index (χ3v) is 5.57. The van der Waals surface area contributed by atoms with E-state index in [0.29, 0.717) is 12.1 Å². The molecule has 4 nitrogen and oxygen atoms in total. The number of hydrogen-bond acceptors (Lipinski definition) is 4. The second-order valence-electron chi connectivity index (χ2n) is 6.80. The van der Waals surface area contributed by atoms with Gasteiger partial charge in [-0.2, -0.15) is 0 Å². The van der Waals surface area contributed by atoms with E-state index in [1.807, 2.05) is 30.3 Å². The van der Waals surface area contributed by atoms with Crippen LogP contribution in [0.2, 0.25) is 0 Å². The number of fused-ring (bicyclic) bond motifs is 2. The standard InChI is InChI=1S/C18H22Cl3NO3/c1-22-13-7-8-14(22)10-15(9-13)25-17(23)16(11-24-18(19,20)21)12-5-3-2-4-6-12/h2-6,13-16H,7-11H2,1H3/t13-,14+,15?,16?. The smallest absolute Gasteiger partial charge is 0.316 e. The molecule has 2 bridgehead atoms. The van der Waals surface area contributed by atoms with Crippen molar-refractivity contribution in [3.8, 4) is 0 Å². The molecule has 2 aliphatic heterocycles. The molecule has 2 aliphatic rings. The zero-order valence-electron chi connectivity index (χ0n) is 14.0. The van der Waals surface area contributed by atoms with Crippen LogP contribution in [0.25, 0.3) is 0 Å². The van der Waals surface area contributed by atoms with Gasteiger partial charge in [-0.15, -0.1) is 0 Å². The average Bonchev–Trinajstić information content (AvgIpc) is 2.77. The highest BCUT2D eigenvalue weighted by molar-refractivity contribution is 6.66. The number of carbonyl (C=O) groups is 1. The SMILES string of the molecule is CN1[C@@H]2CC[C@H]1CC(OC(=O)C(COC(Cl)(Cl)Cl)c1ccccc1)C2. The number of halogens is 3. The maximum absolute atomic E-state index is 12.8. The number of ether oxygens (including phenoxy) is 2. The second-order valence-corrected chi connectivity index (χ2v) is 8.98. The Hall–Kier alpha value is -0.520. The summed E-state index contributed by atoms with van der Waals surface area (Å²) in [6, 6.07) is 10.3. The van der Waals surface area contributed by atoms with E-state index in [-0.39, 0.29) is 18.7 Å². The first kappa shape index (κ1) is 19.2. The molecular formula is C18H22Cl3NO3. The molecule has 2 fully saturated rings. The van der Waals surface area contributed by atoms with Crippen LogP contribution in [-0.2, 0) is 14.3 Å². The van der Waals surface area contributed by atoms with Gasteiger partial charge < -0.3 is 14.4 Å². The van der Waals surface area contributed by atoms with Crippen LogP contribution < -0.4 is 0 Å². The highest BCUT2D eigenvalue weighted by atomic mass is 35.6. The van der Waals surface area contributed by atoms with Gasteiger partial charge in [-0.1, -0.05) is 65.1 Å². The predicted octanol–water partition coefficient (Wildman–Crippen LogP) is 4.28. The fraction of sp³-hybridized carbons (Fsp3) is 0.611. The molecule has 0 N–H and O–H groups in total. The minimum atomic E-state index is -1.86. The third-order valence-electron chi connectivity index (χ3n) is 5.24. The van der Waals surface area contributed by atoms with E-state index in [4.69, 9.17) is 44.3 Å². The minimum Gasteiger partial charge on any atom is -0.462 e. The van der Waals surface area contributed by atoms with Crippen LogP contribution in [0.3, 0.4) is 0 Å². The molecule has 3 rings (SSSR count). The van der Waals surface area contributed by atoms with E-state index in [1.165, 1.54) is 12.8 Å². The highest BCUT2D eigenvalue weighted by Gasteiger charge is 2.40. The maximum Gasteiger partial charge on any atom is 0.316 e. The van der Waals surface area contributed by atoms with Gasteiger partial charge in [0.15, 0.2) is 0 Å². The Balaban J connectivity index is 1.67. The molecule has 138 valence electrons. The van der Waals surface area contributed by atoms with E-state index in [2.05, 4.69) is 11.9 Å². The van der Waals surface area contributed by atoms with Crippen LogP contribution in [0.15, 0.2) is 30.3 Å². The first-order valence-electron chi connectivity index (χ1n) is 8.51. The van der Waals surface area contributed by atoms with Gasteiger partial charge in [0.1, 0.15) is 12.0 Å². The van der Waals surface area contributed by atoms with E-state index in [1.54, 1.807) is 0 Å². The molecule has 7 heteroatoms. The molecule has 1 aromatic rings. The Kier molecular flexibility index (Phi) is 6.17. The van der Waals surface area contributed by atoms with Crippen molar-refractivity contribution in [2.45, 2.75) is 53.8 Å². The number of hydrogen-bond donors (Lipinski definition) is 0. The number of piperidine rings is 1. The molecule has 0 radical (unpaired) electrons. The molecule has 0 spiro atoms. The lowest BCUT2D eigenvalue weighted by molar-refractivity contribution is -0.156. The van der Waals surface area contributed by atoms with E-state index in [9.17, 15) is 4.79 Å². The number of esters is 1. The van der Waals surface area contributed by atoms with Crippen LogP contribution in [0.1, 0.15) is 37.2 Å². The molecule has 4 atom stereocenters. The zero-order valence-corrected chi connectivity index (χ0v) is 16.3. The van der Waals surface area contributed by atoms with Gasteiger partial charge in [0.05, 0.1) is 6.61 Å². The summed E-state index contributed by atoms with van der Waals surface area (Å²) < 4.78 is 9.18. The van der Waals surface area contributed by atoms with Crippen molar-refractivity contribution in [3.05, 3.63) is 35.9 Å². The zero-order chi connectivity index (χ0) is 18.0. The Morgan fingerprint density at radius 3 is 2.36 bits per heavy atom. The topological polar surface area (TPSA) is 38.8 Å². The fourth-order valence-electron chi connectivity index (χ4n) is 3.87. The van der Waals surface area contributed by atoms with Crippen molar-refractivity contribution in [3.63, 3.8) is 0 Å². The lowest BCUT2D eigenvalue weighted by atomic mass is 9.98. The largest absolute Gasteiger partial charge is 0.462 e. The van der Waals surface area contributed by atoms with Gasteiger partial charge in [-0.25, -0.2) is 0 Å². The van der Waals surface area contributed by atoms with Crippen LogP contribution in [0.5, 0.6) is 0 Å². The Bertz CT molecular complexity index is 579. The maximum atomic E-state index is 12.8. The lowest BCUT2D eigenvalue weighted by Gasteiger charge is -2.36. The van der Waals surface area contributed by atoms with Crippen LogP contribution >= 0.6 is 34.8 Å². The van der Waals surface area contributed by atoms with Crippen LogP contribution in [0, 0.1) is 0 Å². The number of nitrogens with zero attached hydrogens (tertiary/aromatic N) is 1. The molecule has 0 aliphatic carbocycles. The number of carbonyl (C=O) groups excluding carboxylic acids is 1. The van der Waals surface area contributed by atoms with Crippen molar-refractivity contribution in [2.24, 2.45) is 0 Å². The lowest BCUT2D eigenvalue weighted by Crippen LogP contribution is -2.44. The summed E-state index contributed by atoms with van der Waals surface area (Å²) in [4.78, 5) is 15.2. The summed E-state index contributed by atoms with van der Waals surface area (Å²) in [7, 11) is 2.15. The molecule has 0 saturated carbocycles. The minimum absolute atomic E-state index is 0.0428. The molecule has 1 aromatic carbocycles. The Morgan fingerprint density at radius 1 is 1.20 bits per heavy atom. The number of alkyl halides is 3. The van der Waals surface area contributed by atoms with Gasteiger partial charge in [-0.3, -0.25) is 4.79 Å². The van der Waals surface area contributed by atoms with Gasteiger partial charge in [0, 0.05) is 12.1 Å². The molecule has 2 heterocycles. The molecular weight excluding hydrogens is 385 g/mol. The van der Waals surface area contributed by atoms with Crippen LogP contribution in [-0.4, -0.2) is 46.7 Å². The number of benzene rings is 1. The number of rotatable bonds is 5. The fourth-order valence-corrected chi connectivity index (χ4v) is 4.06. The van der Waals surface area contributed by atoms with Crippen LogP contribution in [0.4, 0.5) is 0 Å². The molecule has 25 heavy (non-hydrogen) atoms. The Morgan fingerprint density at radius 2 is 1.80 bits per heavy atom. The molecule has 0 amide bonds. The van der Waals surface area contributed by atoms with Gasteiger partial charge in [0.25, 0.3) is 3.98 Å². The molecule has 2 saturated heterocycles. The molecule has 0 aromatic heterocycles. The van der Waals surface area contributed by atoms with Crippen molar-refractivity contribution >= 4 is 40.8 Å². The first-order chi connectivity index (χ1) is 11.8. The monoisotopic (exact) mass is 405 g/mol. The summed E-state index contributed by atoms with van der Waals surface area (Å²) in [5, 5.41) is 0. The van der Waals surface area contributed by atoms with Gasteiger partial charge in [-0.05, 0) is 38.3 Å². The van der Waals surface area contributed by atoms with Crippen molar-refractivity contribution in [1.82, 2.24) is 4.90 Å². The van der Waals surface area contributed by atoms with Crippen molar-refractivity contribution in [1.29, 1.82) is 0 Å². The third kappa shape index (κ3) is 5.01. The average molecular weight is 407 g/mol. The summed E-state index contributed by atoms with van der Waals surface area (Å²) >= 11 is 17.0. The summed E-state index contributed by atoms with van der Waals surface area (Å²) in [5.74, 6) is -0.941. The second kappa shape index (κ2) is 8.01. The quantitative estimate of drug-likeness (QED) is 0.540. The van der Waals surface area contributed by atoms with E-state index < -0.39 is 9.90 Å². The van der Waals surface area contributed by atoms with Crippen molar-refractivity contribution < 1.29 is 14.3 Å². The predicted molar refractivity (Wildman–Crippen MR) is 99.1 cm³/mol. The summed E-state index contributed by atoms with van der Waals surface area (Å²) in [6.07, 6.45) is 4.05. The summed E-state index contributed by atoms with van der Waals surface area (Å²) in [6.45, 7) is -0.0428. The normalized spacial score (nSPS) is 27.9. The molecule has 2 unspecified atom stereocenters. The van der Waals surface area contributed by atoms with E-state index in [0.717, 1.165) is 18.4 Å². The highest BCUT2D eigenvalue weighted by Crippen LogP contribution is 2.36. The first-order valence-corrected chi connectivity index (χ1v) is 9.65. The Labute approximate surface area is 163 Å². The summed E-state index contributed by atoms with van der Waals surface area (Å²) in [5.41, 5.74) is 0.789. The van der Waals surface area contributed by atoms with Gasteiger partial charge >= 0.3 is 5.97 Å².